The second kappa shape index (κ2) is 3.03. The standard InChI is InChI=1S/C6H12ClP/c1-8(7)6-4-2-3-5-6/h6H,2-5H2,1H3. The minimum Gasteiger partial charge on any atom is -0.0964 e. The van der Waals surface area contributed by atoms with E-state index in [9.17, 15) is 0 Å². The summed E-state index contributed by atoms with van der Waals surface area (Å²) in [7, 11) is -0.129. The molecule has 0 spiro atoms. The summed E-state index contributed by atoms with van der Waals surface area (Å²) < 4.78 is 0. The summed E-state index contributed by atoms with van der Waals surface area (Å²) in [5, 5.41) is 0. The Bertz CT molecular complexity index is 66.9. The van der Waals surface area contributed by atoms with Gasteiger partial charge in [0.2, 0.25) is 0 Å². The van der Waals surface area contributed by atoms with Crippen molar-refractivity contribution in [2.45, 2.75) is 31.3 Å². The van der Waals surface area contributed by atoms with Crippen molar-refractivity contribution in [3.05, 3.63) is 0 Å². The molecule has 0 N–H and O–H groups in total. The van der Waals surface area contributed by atoms with Crippen molar-refractivity contribution in [2.24, 2.45) is 0 Å². The largest absolute Gasteiger partial charge is 0.0964 e. The summed E-state index contributed by atoms with van der Waals surface area (Å²) in [4.78, 5) is 0. The van der Waals surface area contributed by atoms with Crippen LogP contribution in [0.1, 0.15) is 25.7 Å². The summed E-state index contributed by atoms with van der Waals surface area (Å²) >= 11 is 5.95. The van der Waals surface area contributed by atoms with E-state index in [-0.39, 0.29) is 7.27 Å². The van der Waals surface area contributed by atoms with Crippen LogP contribution in [0.4, 0.5) is 0 Å². The van der Waals surface area contributed by atoms with Crippen LogP contribution in [-0.4, -0.2) is 12.3 Å². The number of rotatable bonds is 1. The second-order valence-corrected chi connectivity index (χ2v) is 5.84. The van der Waals surface area contributed by atoms with E-state index in [0.717, 1.165) is 5.66 Å². The van der Waals surface area contributed by atoms with Crippen molar-refractivity contribution in [3.8, 4) is 0 Å². The van der Waals surface area contributed by atoms with Crippen LogP contribution in [0.3, 0.4) is 0 Å². The molecule has 8 heavy (non-hydrogen) atoms. The van der Waals surface area contributed by atoms with Gasteiger partial charge in [0, 0.05) is 0 Å². The summed E-state index contributed by atoms with van der Waals surface area (Å²) in [6.45, 7) is 2.17. The fourth-order valence-electron chi connectivity index (χ4n) is 1.26. The van der Waals surface area contributed by atoms with Crippen molar-refractivity contribution in [1.29, 1.82) is 0 Å². The number of hydrogen-bond acceptors (Lipinski definition) is 0. The zero-order chi connectivity index (χ0) is 5.98. The van der Waals surface area contributed by atoms with Gasteiger partial charge in [0.1, 0.15) is 0 Å². The Morgan fingerprint density at radius 1 is 1.38 bits per heavy atom. The van der Waals surface area contributed by atoms with Crippen LogP contribution in [-0.2, 0) is 0 Å². The first-order valence-corrected chi connectivity index (χ1v) is 5.95. The molecule has 1 unspecified atom stereocenters. The van der Waals surface area contributed by atoms with Crippen LogP contribution < -0.4 is 0 Å². The van der Waals surface area contributed by atoms with Crippen molar-refractivity contribution in [3.63, 3.8) is 0 Å². The average molecular weight is 151 g/mol. The van der Waals surface area contributed by atoms with Gasteiger partial charge in [0.05, 0.1) is 0 Å². The molecule has 0 aliphatic heterocycles. The molecular formula is C6H12ClP. The fraction of sp³-hybridized carbons (Fsp3) is 1.00. The molecule has 0 aromatic carbocycles. The smallest absolute Gasteiger partial charge is 0.00730 e. The fourth-order valence-corrected chi connectivity index (χ4v) is 2.92. The average Bonchev–Trinajstić information content (AvgIpc) is 2.12. The highest BCUT2D eigenvalue weighted by atomic mass is 35.7. The minimum absolute atomic E-state index is 0.129. The monoisotopic (exact) mass is 150 g/mol. The second-order valence-electron chi connectivity index (χ2n) is 2.46. The van der Waals surface area contributed by atoms with Crippen LogP contribution in [0, 0.1) is 0 Å². The lowest BCUT2D eigenvalue weighted by atomic mass is 10.4. The van der Waals surface area contributed by atoms with E-state index in [0.29, 0.717) is 0 Å². The molecule has 1 atom stereocenters. The van der Waals surface area contributed by atoms with Crippen molar-refractivity contribution >= 4 is 18.5 Å². The van der Waals surface area contributed by atoms with Gasteiger partial charge in [-0.25, -0.2) is 0 Å². The van der Waals surface area contributed by atoms with E-state index in [1.165, 1.54) is 25.7 Å². The molecular weight excluding hydrogens is 138 g/mol. The molecule has 0 aromatic rings. The predicted molar refractivity (Wildman–Crippen MR) is 41.0 cm³/mol. The molecule has 1 saturated carbocycles. The van der Waals surface area contributed by atoms with Crippen LogP contribution in [0.5, 0.6) is 0 Å². The Balaban J connectivity index is 2.24. The molecule has 48 valence electrons. The first-order chi connectivity index (χ1) is 3.80. The van der Waals surface area contributed by atoms with E-state index in [1.807, 2.05) is 0 Å². The quantitative estimate of drug-likeness (QED) is 0.504. The van der Waals surface area contributed by atoms with E-state index >= 15 is 0 Å². The molecule has 0 heterocycles. The summed E-state index contributed by atoms with van der Waals surface area (Å²) in [5.74, 6) is 0. The molecule has 1 fully saturated rings. The van der Waals surface area contributed by atoms with Crippen LogP contribution in [0.25, 0.3) is 0 Å². The van der Waals surface area contributed by atoms with Gasteiger partial charge >= 0.3 is 0 Å². The minimum atomic E-state index is -0.129. The molecule has 0 aromatic heterocycles. The highest BCUT2D eigenvalue weighted by molar-refractivity contribution is 7.83. The maximum atomic E-state index is 5.95. The maximum Gasteiger partial charge on any atom is -0.00730 e. The number of halogens is 1. The maximum absolute atomic E-state index is 5.95. The zero-order valence-corrected chi connectivity index (χ0v) is 6.88. The van der Waals surface area contributed by atoms with Gasteiger partial charge in [-0.3, -0.25) is 0 Å². The van der Waals surface area contributed by atoms with Gasteiger partial charge in [-0.05, 0) is 32.4 Å². The third-order valence-corrected chi connectivity index (χ3v) is 4.18. The first-order valence-electron chi connectivity index (χ1n) is 3.19. The molecule has 1 rings (SSSR count). The Hall–Kier alpha value is 0.720. The predicted octanol–water partition coefficient (Wildman–Crippen LogP) is 3.19. The third kappa shape index (κ3) is 1.60. The highest BCUT2D eigenvalue weighted by Crippen LogP contribution is 2.49. The Labute approximate surface area is 57.2 Å². The molecule has 1 aliphatic carbocycles. The summed E-state index contributed by atoms with van der Waals surface area (Å²) in [6.07, 6.45) is 5.63. The lowest BCUT2D eigenvalue weighted by Gasteiger charge is -2.09. The first kappa shape index (κ1) is 6.83. The molecule has 1 aliphatic rings. The Morgan fingerprint density at radius 3 is 2.12 bits per heavy atom. The van der Waals surface area contributed by atoms with E-state index in [1.54, 1.807) is 0 Å². The summed E-state index contributed by atoms with van der Waals surface area (Å²) in [5.41, 5.74) is 0.895. The Morgan fingerprint density at radius 2 is 1.88 bits per heavy atom. The normalized spacial score (nSPS) is 26.2. The zero-order valence-electron chi connectivity index (χ0n) is 5.23. The molecule has 0 bridgehead atoms. The van der Waals surface area contributed by atoms with Crippen molar-refractivity contribution in [1.82, 2.24) is 0 Å². The molecule has 0 amide bonds. The van der Waals surface area contributed by atoms with Crippen LogP contribution >= 0.6 is 18.5 Å². The lowest BCUT2D eigenvalue weighted by Crippen LogP contribution is -1.91. The number of hydrogen-bond donors (Lipinski definition) is 0. The SMILES string of the molecule is CP(Cl)C1CCCC1. The molecule has 0 nitrogen and oxygen atoms in total. The van der Waals surface area contributed by atoms with Crippen molar-refractivity contribution < 1.29 is 0 Å². The topological polar surface area (TPSA) is 0 Å². The lowest BCUT2D eigenvalue weighted by molar-refractivity contribution is 0.886. The van der Waals surface area contributed by atoms with Gasteiger partial charge in [0.15, 0.2) is 0 Å². The van der Waals surface area contributed by atoms with E-state index in [4.69, 9.17) is 11.2 Å². The van der Waals surface area contributed by atoms with E-state index in [2.05, 4.69) is 6.66 Å². The van der Waals surface area contributed by atoms with E-state index < -0.39 is 0 Å². The molecule has 2 heteroatoms. The van der Waals surface area contributed by atoms with Gasteiger partial charge in [-0.15, -0.1) is 0 Å². The third-order valence-electron chi connectivity index (χ3n) is 1.83. The van der Waals surface area contributed by atoms with Crippen LogP contribution in [0.15, 0.2) is 0 Å². The van der Waals surface area contributed by atoms with Crippen molar-refractivity contribution in [2.75, 3.05) is 6.66 Å². The van der Waals surface area contributed by atoms with Crippen LogP contribution in [0.2, 0.25) is 0 Å². The van der Waals surface area contributed by atoms with Gasteiger partial charge in [0.25, 0.3) is 0 Å². The highest BCUT2D eigenvalue weighted by Gasteiger charge is 2.18. The van der Waals surface area contributed by atoms with Gasteiger partial charge < -0.3 is 0 Å². The Kier molecular flexibility index (Phi) is 2.59. The summed E-state index contributed by atoms with van der Waals surface area (Å²) in [6, 6.07) is 0. The molecule has 0 radical (unpaired) electrons. The molecule has 0 saturated heterocycles. The van der Waals surface area contributed by atoms with Gasteiger partial charge in [-0.2, -0.15) is 0 Å². The van der Waals surface area contributed by atoms with Gasteiger partial charge in [-0.1, -0.05) is 24.1 Å².